The standard InChI is InChI=1S/C13H16ClNO3/c1-13(2,3)18-12(16)15-6-7-17-11-5-4-9(14)8-10(11)15/h4-5,8H,6-7H2,1-3H3. The molecule has 0 aliphatic carbocycles. The largest absolute Gasteiger partial charge is 0.490 e. The minimum Gasteiger partial charge on any atom is -0.490 e. The number of anilines is 1. The third-order valence-electron chi connectivity index (χ3n) is 2.40. The molecule has 0 N–H and O–H groups in total. The maximum absolute atomic E-state index is 12.1. The van der Waals surface area contributed by atoms with Crippen LogP contribution in [0.5, 0.6) is 5.75 Å². The van der Waals surface area contributed by atoms with E-state index in [0.29, 0.717) is 29.6 Å². The molecule has 0 saturated carbocycles. The zero-order chi connectivity index (χ0) is 13.3. The van der Waals surface area contributed by atoms with Gasteiger partial charge < -0.3 is 9.47 Å². The molecule has 0 radical (unpaired) electrons. The van der Waals surface area contributed by atoms with Gasteiger partial charge in [0, 0.05) is 5.02 Å². The number of hydrogen-bond donors (Lipinski definition) is 0. The van der Waals surface area contributed by atoms with Crippen molar-refractivity contribution in [3.05, 3.63) is 23.2 Å². The summed E-state index contributed by atoms with van der Waals surface area (Å²) in [6.45, 7) is 6.43. The van der Waals surface area contributed by atoms with Gasteiger partial charge in [-0.15, -0.1) is 0 Å². The molecule has 2 rings (SSSR count). The van der Waals surface area contributed by atoms with E-state index in [-0.39, 0.29) is 6.09 Å². The van der Waals surface area contributed by atoms with E-state index < -0.39 is 5.60 Å². The summed E-state index contributed by atoms with van der Waals surface area (Å²) < 4.78 is 10.8. The van der Waals surface area contributed by atoms with Crippen LogP contribution in [0, 0.1) is 0 Å². The van der Waals surface area contributed by atoms with Gasteiger partial charge in [0.1, 0.15) is 18.0 Å². The average Bonchev–Trinajstić information content (AvgIpc) is 2.25. The lowest BCUT2D eigenvalue weighted by atomic mass is 10.2. The number of carbonyl (C=O) groups is 1. The van der Waals surface area contributed by atoms with E-state index >= 15 is 0 Å². The quantitative estimate of drug-likeness (QED) is 0.724. The topological polar surface area (TPSA) is 38.8 Å². The molecule has 0 aromatic heterocycles. The van der Waals surface area contributed by atoms with Crippen molar-refractivity contribution >= 4 is 23.4 Å². The highest BCUT2D eigenvalue weighted by molar-refractivity contribution is 6.31. The van der Waals surface area contributed by atoms with E-state index in [1.165, 1.54) is 0 Å². The lowest BCUT2D eigenvalue weighted by molar-refractivity contribution is 0.0568. The summed E-state index contributed by atoms with van der Waals surface area (Å²) >= 11 is 5.95. The summed E-state index contributed by atoms with van der Waals surface area (Å²) in [6.07, 6.45) is -0.380. The van der Waals surface area contributed by atoms with Crippen LogP contribution in [-0.2, 0) is 4.74 Å². The lowest BCUT2D eigenvalue weighted by Gasteiger charge is -2.31. The highest BCUT2D eigenvalue weighted by Gasteiger charge is 2.28. The van der Waals surface area contributed by atoms with E-state index in [1.54, 1.807) is 23.1 Å². The van der Waals surface area contributed by atoms with Crippen LogP contribution in [0.2, 0.25) is 5.02 Å². The fraction of sp³-hybridized carbons (Fsp3) is 0.462. The summed E-state index contributed by atoms with van der Waals surface area (Å²) in [5, 5.41) is 0.563. The van der Waals surface area contributed by atoms with Crippen molar-refractivity contribution in [3.8, 4) is 5.75 Å². The van der Waals surface area contributed by atoms with Gasteiger partial charge in [-0.2, -0.15) is 0 Å². The van der Waals surface area contributed by atoms with E-state index in [4.69, 9.17) is 21.1 Å². The Labute approximate surface area is 111 Å². The summed E-state index contributed by atoms with van der Waals surface area (Å²) in [7, 11) is 0. The zero-order valence-corrected chi connectivity index (χ0v) is 11.5. The van der Waals surface area contributed by atoms with Crippen molar-refractivity contribution in [1.82, 2.24) is 0 Å². The van der Waals surface area contributed by atoms with Crippen LogP contribution in [0.25, 0.3) is 0 Å². The molecule has 1 aromatic carbocycles. The van der Waals surface area contributed by atoms with Crippen LogP contribution < -0.4 is 9.64 Å². The van der Waals surface area contributed by atoms with Gasteiger partial charge in [-0.1, -0.05) is 11.6 Å². The second-order valence-electron chi connectivity index (χ2n) is 5.09. The molecule has 1 heterocycles. The molecule has 98 valence electrons. The van der Waals surface area contributed by atoms with Crippen LogP contribution in [0.1, 0.15) is 20.8 Å². The number of nitrogens with zero attached hydrogens (tertiary/aromatic N) is 1. The molecule has 1 amide bonds. The van der Waals surface area contributed by atoms with E-state index in [0.717, 1.165) is 0 Å². The zero-order valence-electron chi connectivity index (χ0n) is 10.7. The highest BCUT2D eigenvalue weighted by Crippen LogP contribution is 2.34. The molecule has 0 unspecified atom stereocenters. The van der Waals surface area contributed by atoms with Crippen molar-refractivity contribution in [2.75, 3.05) is 18.1 Å². The first-order valence-electron chi connectivity index (χ1n) is 5.80. The fourth-order valence-electron chi connectivity index (χ4n) is 1.70. The highest BCUT2D eigenvalue weighted by atomic mass is 35.5. The van der Waals surface area contributed by atoms with Crippen molar-refractivity contribution in [2.45, 2.75) is 26.4 Å². The Morgan fingerprint density at radius 2 is 2.17 bits per heavy atom. The third-order valence-corrected chi connectivity index (χ3v) is 2.63. The number of ether oxygens (including phenoxy) is 2. The summed E-state index contributed by atoms with van der Waals surface area (Å²) in [5.74, 6) is 0.650. The molecular formula is C13H16ClNO3. The Bertz CT molecular complexity index is 468. The first kappa shape index (κ1) is 13.0. The van der Waals surface area contributed by atoms with Crippen LogP contribution in [0.3, 0.4) is 0 Å². The molecule has 0 atom stereocenters. The molecule has 0 spiro atoms. The molecule has 0 fully saturated rings. The van der Waals surface area contributed by atoms with Gasteiger partial charge in [-0.3, -0.25) is 4.90 Å². The van der Waals surface area contributed by atoms with Gasteiger partial charge in [-0.05, 0) is 39.0 Å². The Morgan fingerprint density at radius 1 is 1.44 bits per heavy atom. The number of fused-ring (bicyclic) bond motifs is 1. The maximum atomic E-state index is 12.1. The van der Waals surface area contributed by atoms with Gasteiger partial charge >= 0.3 is 6.09 Å². The predicted octanol–water partition coefficient (Wildman–Crippen LogP) is 3.47. The number of amides is 1. The van der Waals surface area contributed by atoms with E-state index in [2.05, 4.69) is 0 Å². The number of halogens is 1. The number of hydrogen-bond acceptors (Lipinski definition) is 3. The van der Waals surface area contributed by atoms with Crippen LogP contribution in [0.4, 0.5) is 10.5 Å². The molecule has 1 aliphatic rings. The smallest absolute Gasteiger partial charge is 0.415 e. The van der Waals surface area contributed by atoms with Gasteiger partial charge in [0.15, 0.2) is 0 Å². The first-order valence-corrected chi connectivity index (χ1v) is 6.17. The first-order chi connectivity index (χ1) is 8.37. The molecule has 1 aliphatic heterocycles. The van der Waals surface area contributed by atoms with Gasteiger partial charge in [0.05, 0.1) is 12.2 Å². The van der Waals surface area contributed by atoms with Gasteiger partial charge in [-0.25, -0.2) is 4.79 Å². The summed E-state index contributed by atoms with van der Waals surface area (Å²) in [4.78, 5) is 13.6. The minimum atomic E-state index is -0.520. The monoisotopic (exact) mass is 269 g/mol. The lowest BCUT2D eigenvalue weighted by Crippen LogP contribution is -2.41. The fourth-order valence-corrected chi connectivity index (χ4v) is 1.86. The maximum Gasteiger partial charge on any atom is 0.415 e. The molecule has 18 heavy (non-hydrogen) atoms. The van der Waals surface area contributed by atoms with Crippen LogP contribution in [0.15, 0.2) is 18.2 Å². The van der Waals surface area contributed by atoms with E-state index in [1.807, 2.05) is 20.8 Å². The van der Waals surface area contributed by atoms with E-state index in [9.17, 15) is 4.79 Å². The normalized spacial score (nSPS) is 14.8. The Balaban J connectivity index is 2.27. The number of rotatable bonds is 0. The second-order valence-corrected chi connectivity index (χ2v) is 5.53. The Hall–Kier alpha value is -1.42. The molecule has 1 aromatic rings. The van der Waals surface area contributed by atoms with Gasteiger partial charge in [0.25, 0.3) is 0 Å². The predicted molar refractivity (Wildman–Crippen MR) is 70.5 cm³/mol. The molecule has 4 nitrogen and oxygen atoms in total. The molecule has 0 bridgehead atoms. The van der Waals surface area contributed by atoms with Gasteiger partial charge in [0.2, 0.25) is 0 Å². The minimum absolute atomic E-state index is 0.380. The third kappa shape index (κ3) is 2.88. The van der Waals surface area contributed by atoms with Crippen molar-refractivity contribution in [3.63, 3.8) is 0 Å². The summed E-state index contributed by atoms with van der Waals surface area (Å²) in [5.41, 5.74) is 0.136. The number of benzene rings is 1. The summed E-state index contributed by atoms with van der Waals surface area (Å²) in [6, 6.07) is 5.20. The van der Waals surface area contributed by atoms with Crippen molar-refractivity contribution < 1.29 is 14.3 Å². The SMILES string of the molecule is CC(C)(C)OC(=O)N1CCOc2ccc(Cl)cc21. The average molecular weight is 270 g/mol. The molecule has 0 saturated heterocycles. The Kier molecular flexibility index (Phi) is 3.39. The van der Waals surface area contributed by atoms with Crippen molar-refractivity contribution in [1.29, 1.82) is 0 Å². The van der Waals surface area contributed by atoms with Crippen LogP contribution >= 0.6 is 11.6 Å². The van der Waals surface area contributed by atoms with Crippen LogP contribution in [-0.4, -0.2) is 24.8 Å². The second kappa shape index (κ2) is 4.69. The molecule has 5 heteroatoms. The number of carbonyl (C=O) groups excluding carboxylic acids is 1. The Morgan fingerprint density at radius 3 is 2.83 bits per heavy atom. The van der Waals surface area contributed by atoms with Crippen molar-refractivity contribution in [2.24, 2.45) is 0 Å². The molecular weight excluding hydrogens is 254 g/mol.